The van der Waals surface area contributed by atoms with Crippen LogP contribution in [0.4, 0.5) is 18.9 Å². The summed E-state index contributed by atoms with van der Waals surface area (Å²) in [4.78, 5) is 26.0. The molecule has 1 saturated heterocycles. The Morgan fingerprint density at radius 3 is 2.27 bits per heavy atom. The van der Waals surface area contributed by atoms with E-state index in [0.717, 1.165) is 12.1 Å². The fraction of sp³-hybridized carbons (Fsp3) is 0.529. The number of benzene rings is 1. The molecule has 144 valence electrons. The van der Waals surface area contributed by atoms with Gasteiger partial charge in [-0.25, -0.2) is 0 Å². The summed E-state index contributed by atoms with van der Waals surface area (Å²) in [6.45, 7) is 3.02. The highest BCUT2D eigenvalue weighted by molar-refractivity contribution is 5.94. The molecule has 1 heterocycles. The van der Waals surface area contributed by atoms with E-state index in [0.29, 0.717) is 31.6 Å². The molecule has 1 aromatic carbocycles. The lowest BCUT2D eigenvalue weighted by atomic mass is 9.95. The number of piperidine rings is 1. The maximum absolute atomic E-state index is 12.4. The van der Waals surface area contributed by atoms with Gasteiger partial charge in [-0.1, -0.05) is 0 Å². The standard InChI is InChI=1S/C17H22F3N3O3/c1-11(23-9-7-12(8-10-23)16(25)21-2)15(24)22-13-3-5-14(6-4-13)26-17(18,19)20/h3-6,11-12H,7-10H2,1-2H3,(H,21,25)(H,22,24)/t11-/m0/s1. The number of alkyl halides is 3. The van der Waals surface area contributed by atoms with Crippen molar-refractivity contribution < 1.29 is 27.5 Å². The van der Waals surface area contributed by atoms with E-state index in [4.69, 9.17) is 0 Å². The summed E-state index contributed by atoms with van der Waals surface area (Å²) < 4.78 is 40.2. The van der Waals surface area contributed by atoms with Gasteiger partial charge in [0, 0.05) is 18.7 Å². The van der Waals surface area contributed by atoms with Gasteiger partial charge in [-0.15, -0.1) is 13.2 Å². The summed E-state index contributed by atoms with van der Waals surface area (Å²) in [5.41, 5.74) is 0.386. The molecule has 2 N–H and O–H groups in total. The van der Waals surface area contributed by atoms with E-state index in [-0.39, 0.29) is 23.5 Å². The molecule has 2 rings (SSSR count). The Balaban J connectivity index is 1.86. The van der Waals surface area contributed by atoms with Gasteiger partial charge in [-0.2, -0.15) is 0 Å². The van der Waals surface area contributed by atoms with Crippen LogP contribution in [0.5, 0.6) is 5.75 Å². The average Bonchev–Trinajstić information content (AvgIpc) is 2.61. The molecule has 2 amide bonds. The number of likely N-dealkylation sites (tertiary alicyclic amines) is 1. The molecule has 0 bridgehead atoms. The Bertz CT molecular complexity index is 626. The zero-order valence-corrected chi connectivity index (χ0v) is 14.6. The largest absolute Gasteiger partial charge is 0.573 e. The van der Waals surface area contributed by atoms with E-state index < -0.39 is 12.4 Å². The molecule has 1 aromatic rings. The Morgan fingerprint density at radius 1 is 1.19 bits per heavy atom. The second-order valence-corrected chi connectivity index (χ2v) is 6.16. The van der Waals surface area contributed by atoms with Crippen molar-refractivity contribution in [3.8, 4) is 5.75 Å². The third-order valence-electron chi connectivity index (χ3n) is 4.43. The van der Waals surface area contributed by atoms with Crippen molar-refractivity contribution in [1.29, 1.82) is 0 Å². The summed E-state index contributed by atoms with van der Waals surface area (Å²) in [5.74, 6) is -0.622. The molecule has 9 heteroatoms. The van der Waals surface area contributed by atoms with Crippen LogP contribution in [0.1, 0.15) is 19.8 Å². The van der Waals surface area contributed by atoms with Gasteiger partial charge in [-0.3, -0.25) is 14.5 Å². The molecule has 1 aliphatic heterocycles. The normalized spacial score (nSPS) is 17.4. The predicted molar refractivity (Wildman–Crippen MR) is 89.6 cm³/mol. The number of amides is 2. The third-order valence-corrected chi connectivity index (χ3v) is 4.43. The van der Waals surface area contributed by atoms with Gasteiger partial charge in [0.25, 0.3) is 0 Å². The Kier molecular flexibility index (Phi) is 6.47. The average molecular weight is 373 g/mol. The molecule has 0 unspecified atom stereocenters. The molecule has 1 atom stereocenters. The molecule has 26 heavy (non-hydrogen) atoms. The van der Waals surface area contributed by atoms with Crippen molar-refractivity contribution >= 4 is 17.5 Å². The second-order valence-electron chi connectivity index (χ2n) is 6.16. The fourth-order valence-corrected chi connectivity index (χ4v) is 2.91. The van der Waals surface area contributed by atoms with Crippen LogP contribution in [0, 0.1) is 5.92 Å². The first-order valence-corrected chi connectivity index (χ1v) is 8.32. The van der Waals surface area contributed by atoms with E-state index in [1.54, 1.807) is 14.0 Å². The van der Waals surface area contributed by atoms with E-state index in [2.05, 4.69) is 15.4 Å². The van der Waals surface area contributed by atoms with Gasteiger partial charge < -0.3 is 15.4 Å². The van der Waals surface area contributed by atoms with Crippen LogP contribution in [0.3, 0.4) is 0 Å². The number of nitrogens with zero attached hydrogens (tertiary/aromatic N) is 1. The maximum atomic E-state index is 12.4. The van der Waals surface area contributed by atoms with Crippen LogP contribution in [-0.2, 0) is 9.59 Å². The van der Waals surface area contributed by atoms with Crippen molar-refractivity contribution in [2.45, 2.75) is 32.2 Å². The van der Waals surface area contributed by atoms with Crippen LogP contribution in [0.2, 0.25) is 0 Å². The number of rotatable bonds is 5. The summed E-state index contributed by atoms with van der Waals surface area (Å²) in [6.07, 6.45) is -3.39. The molecule has 0 spiro atoms. The number of carbonyl (C=O) groups excluding carboxylic acids is 2. The van der Waals surface area contributed by atoms with Crippen LogP contribution in [-0.4, -0.2) is 49.3 Å². The number of ether oxygens (including phenoxy) is 1. The number of halogens is 3. The maximum Gasteiger partial charge on any atom is 0.573 e. The van der Waals surface area contributed by atoms with E-state index in [9.17, 15) is 22.8 Å². The van der Waals surface area contributed by atoms with Crippen LogP contribution in [0.15, 0.2) is 24.3 Å². The molecule has 1 fully saturated rings. The quantitative estimate of drug-likeness (QED) is 0.831. The monoisotopic (exact) mass is 373 g/mol. The first-order chi connectivity index (χ1) is 12.2. The summed E-state index contributed by atoms with van der Waals surface area (Å²) in [7, 11) is 1.61. The minimum Gasteiger partial charge on any atom is -0.406 e. The highest BCUT2D eigenvalue weighted by atomic mass is 19.4. The van der Waals surface area contributed by atoms with Crippen LogP contribution >= 0.6 is 0 Å². The van der Waals surface area contributed by atoms with E-state index >= 15 is 0 Å². The number of anilines is 1. The van der Waals surface area contributed by atoms with Crippen molar-refractivity contribution in [3.05, 3.63) is 24.3 Å². The topological polar surface area (TPSA) is 70.7 Å². The van der Waals surface area contributed by atoms with Gasteiger partial charge >= 0.3 is 6.36 Å². The molecule has 0 aromatic heterocycles. The number of nitrogens with one attached hydrogen (secondary N) is 2. The highest BCUT2D eigenvalue weighted by Gasteiger charge is 2.31. The molecule has 0 radical (unpaired) electrons. The zero-order chi connectivity index (χ0) is 19.3. The lowest BCUT2D eigenvalue weighted by Gasteiger charge is -2.34. The summed E-state index contributed by atoms with van der Waals surface area (Å²) in [6, 6.07) is 4.57. The fourth-order valence-electron chi connectivity index (χ4n) is 2.91. The molecule has 0 saturated carbocycles. The summed E-state index contributed by atoms with van der Waals surface area (Å²) in [5, 5.41) is 5.31. The van der Waals surface area contributed by atoms with Crippen molar-refractivity contribution in [1.82, 2.24) is 10.2 Å². The SMILES string of the molecule is CNC(=O)C1CCN([C@@H](C)C(=O)Nc2ccc(OC(F)(F)F)cc2)CC1. The van der Waals surface area contributed by atoms with E-state index in [1.165, 1.54) is 12.1 Å². The second kappa shape index (κ2) is 8.39. The first-order valence-electron chi connectivity index (χ1n) is 8.32. The van der Waals surface area contributed by atoms with Crippen LogP contribution < -0.4 is 15.4 Å². The van der Waals surface area contributed by atoms with E-state index in [1.807, 2.05) is 4.90 Å². The van der Waals surface area contributed by atoms with Gasteiger partial charge in [0.05, 0.1) is 6.04 Å². The number of hydrogen-bond acceptors (Lipinski definition) is 4. The highest BCUT2D eigenvalue weighted by Crippen LogP contribution is 2.24. The number of hydrogen-bond donors (Lipinski definition) is 2. The number of carbonyl (C=O) groups is 2. The van der Waals surface area contributed by atoms with Crippen LogP contribution in [0.25, 0.3) is 0 Å². The Labute approximate surface area is 149 Å². The Morgan fingerprint density at radius 2 is 1.77 bits per heavy atom. The van der Waals surface area contributed by atoms with Gasteiger partial charge in [0.15, 0.2) is 0 Å². The minimum atomic E-state index is -4.75. The molecule has 0 aliphatic carbocycles. The molecule has 6 nitrogen and oxygen atoms in total. The van der Waals surface area contributed by atoms with Crippen molar-refractivity contribution in [2.24, 2.45) is 5.92 Å². The molecule has 1 aliphatic rings. The minimum absolute atomic E-state index is 0.0166. The van der Waals surface area contributed by atoms with Gasteiger partial charge in [-0.05, 0) is 57.1 Å². The third kappa shape index (κ3) is 5.62. The van der Waals surface area contributed by atoms with Gasteiger partial charge in [0.1, 0.15) is 5.75 Å². The summed E-state index contributed by atoms with van der Waals surface area (Å²) >= 11 is 0. The first kappa shape index (κ1) is 20.0. The van der Waals surface area contributed by atoms with Crippen molar-refractivity contribution in [3.63, 3.8) is 0 Å². The molecular weight excluding hydrogens is 351 g/mol. The lowest BCUT2D eigenvalue weighted by molar-refractivity contribution is -0.274. The van der Waals surface area contributed by atoms with Crippen molar-refractivity contribution in [2.75, 3.05) is 25.5 Å². The smallest absolute Gasteiger partial charge is 0.406 e. The predicted octanol–water partition coefficient (Wildman–Crippen LogP) is 2.37. The lowest BCUT2D eigenvalue weighted by Crippen LogP contribution is -2.47. The Hall–Kier alpha value is -2.29. The van der Waals surface area contributed by atoms with Gasteiger partial charge in [0.2, 0.25) is 11.8 Å². The zero-order valence-electron chi connectivity index (χ0n) is 14.6. The molecular formula is C17H22F3N3O3.